The molecule has 0 unspecified atom stereocenters. The number of pyridine rings is 1. The van der Waals surface area contributed by atoms with Crippen molar-refractivity contribution >= 4 is 34.2 Å². The molecule has 0 saturated heterocycles. The molecule has 3 aromatic heterocycles. The largest absolute Gasteiger partial charge is 0.378 e. The van der Waals surface area contributed by atoms with E-state index in [0.29, 0.717) is 43.6 Å². The number of fused-ring (bicyclic) bond motifs is 2. The van der Waals surface area contributed by atoms with E-state index in [4.69, 9.17) is 16.6 Å². The number of nitrogens with zero attached hydrogens (tertiary/aromatic N) is 5. The summed E-state index contributed by atoms with van der Waals surface area (Å²) in [6.07, 6.45) is -3.44. The molecule has 1 amide bonds. The molecule has 3 N–H and O–H groups in total. The topological polar surface area (TPSA) is 110 Å². The van der Waals surface area contributed by atoms with Gasteiger partial charge in [0.25, 0.3) is 12.3 Å². The fraction of sp³-hybridized carbons (Fsp3) is 0.368. The highest BCUT2D eigenvalue weighted by Gasteiger charge is 2.55. The van der Waals surface area contributed by atoms with Crippen molar-refractivity contribution in [1.82, 2.24) is 29.9 Å². The highest BCUT2D eigenvalue weighted by Crippen LogP contribution is 2.54. The molecule has 0 saturated carbocycles. The Balaban J connectivity index is 1.53. The molecule has 3 atom stereocenters. The van der Waals surface area contributed by atoms with Crippen molar-refractivity contribution in [3.8, 4) is 23.0 Å². The number of amides is 1. The van der Waals surface area contributed by atoms with Crippen LogP contribution in [0, 0.1) is 29.4 Å². The van der Waals surface area contributed by atoms with E-state index in [-0.39, 0.29) is 28.9 Å². The van der Waals surface area contributed by atoms with E-state index in [2.05, 4.69) is 32.7 Å². The Morgan fingerprint density at radius 1 is 1.06 bits per heavy atom. The number of aromatic nitrogens is 5. The van der Waals surface area contributed by atoms with Crippen LogP contribution in [0.25, 0.3) is 22.0 Å². The van der Waals surface area contributed by atoms with Crippen molar-refractivity contribution in [3.05, 3.63) is 93.0 Å². The number of carbonyl (C=O) groups is 1. The molecule has 16 heteroatoms. The van der Waals surface area contributed by atoms with Gasteiger partial charge in [0, 0.05) is 42.8 Å². The number of anilines is 1. The third-order valence-electron chi connectivity index (χ3n) is 9.52. The predicted molar refractivity (Wildman–Crippen MR) is 191 cm³/mol. The lowest BCUT2D eigenvalue weighted by molar-refractivity contribution is -0.123. The maximum absolute atomic E-state index is 15.5. The maximum Gasteiger partial charge on any atom is 0.292 e. The summed E-state index contributed by atoms with van der Waals surface area (Å²) >= 11 is 6.62. The molecule has 0 radical (unpaired) electrons. The van der Waals surface area contributed by atoms with Gasteiger partial charge in [-0.2, -0.15) is 19.0 Å². The Labute approximate surface area is 311 Å². The highest BCUT2D eigenvalue weighted by atomic mass is 35.5. The second-order valence-electron chi connectivity index (χ2n) is 13.9. The fourth-order valence-corrected chi connectivity index (χ4v) is 7.17. The summed E-state index contributed by atoms with van der Waals surface area (Å²) in [6, 6.07) is 8.19. The standard InChI is InChI=1S/C38H36ClF6N7O2/c1-18-19(2)38(44,45)34-29(18)32(35(42)43)49-52(34)17-28(53)48-27(15-20-13-21(40)16-22(41)14-20)31-24(8-7-23(47-31)11-12-37(3,4)54)25-9-10-26(39)30-33(25)51(6)50-36(30)46-5/h7-10,13-14,16,18-19,27,35,54H,15,17H2,1-6H3,(H,46,50)(H,48,53)/t18-,19+,27-/m0/s1. The van der Waals surface area contributed by atoms with Crippen LogP contribution in [0.3, 0.4) is 0 Å². The minimum absolute atomic E-state index is 0.104. The molecule has 0 fully saturated rings. The summed E-state index contributed by atoms with van der Waals surface area (Å²) in [7, 11) is 3.37. The number of hydrogen-bond donors (Lipinski definition) is 3. The van der Waals surface area contributed by atoms with E-state index in [0.717, 1.165) is 12.1 Å². The Kier molecular flexibility index (Phi) is 10.2. The summed E-state index contributed by atoms with van der Waals surface area (Å²) in [4.78, 5) is 18.7. The summed E-state index contributed by atoms with van der Waals surface area (Å²) in [5.41, 5.74) is -1.40. The van der Waals surface area contributed by atoms with E-state index in [9.17, 15) is 27.5 Å². The molecule has 3 heterocycles. The third-order valence-corrected chi connectivity index (χ3v) is 9.84. The van der Waals surface area contributed by atoms with Gasteiger partial charge in [0.05, 0.1) is 27.7 Å². The molecule has 1 aliphatic carbocycles. The SMILES string of the molecule is CNc1nn(C)c2c(-c3ccc(C#CC(C)(C)O)nc3[C@H](Cc3cc(F)cc(F)c3)NC(=O)Cn3nc(C(F)F)c4c3C(F)(F)[C@H](C)[C@@H]4C)ccc(Cl)c12. The summed E-state index contributed by atoms with van der Waals surface area (Å²) in [5, 5.41) is 25.3. The summed E-state index contributed by atoms with van der Waals surface area (Å²) < 4.78 is 90.5. The van der Waals surface area contributed by atoms with Gasteiger partial charge in [-0.1, -0.05) is 37.4 Å². The second-order valence-corrected chi connectivity index (χ2v) is 14.3. The molecular formula is C38H36ClF6N7O2. The Hall–Kier alpha value is -5.07. The first-order valence-electron chi connectivity index (χ1n) is 16.9. The molecule has 9 nitrogen and oxygen atoms in total. The summed E-state index contributed by atoms with van der Waals surface area (Å²) in [6.45, 7) is 4.71. The first kappa shape index (κ1) is 38.6. The zero-order valence-corrected chi connectivity index (χ0v) is 30.8. The van der Waals surface area contributed by atoms with Gasteiger partial charge in [0.15, 0.2) is 5.82 Å². The zero-order chi connectivity index (χ0) is 39.4. The van der Waals surface area contributed by atoms with Gasteiger partial charge in [-0.25, -0.2) is 22.5 Å². The summed E-state index contributed by atoms with van der Waals surface area (Å²) in [5.74, 6) is -2.61. The lowest BCUT2D eigenvalue weighted by Crippen LogP contribution is -2.35. The molecule has 0 aliphatic heterocycles. The molecule has 284 valence electrons. The van der Waals surface area contributed by atoms with Crippen LogP contribution in [0.15, 0.2) is 42.5 Å². The van der Waals surface area contributed by atoms with E-state index >= 15 is 8.78 Å². The Morgan fingerprint density at radius 3 is 2.35 bits per heavy atom. The molecular weight excluding hydrogens is 736 g/mol. The predicted octanol–water partition coefficient (Wildman–Crippen LogP) is 7.81. The van der Waals surface area contributed by atoms with Gasteiger partial charge in [-0.3, -0.25) is 14.2 Å². The molecule has 0 bridgehead atoms. The van der Waals surface area contributed by atoms with Crippen molar-refractivity contribution in [3.63, 3.8) is 0 Å². The molecule has 1 aliphatic rings. The average Bonchev–Trinajstić information content (AvgIpc) is 3.69. The Morgan fingerprint density at radius 2 is 1.72 bits per heavy atom. The van der Waals surface area contributed by atoms with Crippen molar-refractivity contribution in [1.29, 1.82) is 0 Å². The number of aryl methyl sites for hydroxylation is 1. The number of alkyl halides is 4. The Bertz CT molecular complexity index is 2320. The van der Waals surface area contributed by atoms with Gasteiger partial charge in [-0.05, 0) is 68.0 Å². The normalized spacial score (nSPS) is 17.0. The number of rotatable bonds is 9. The number of benzene rings is 2. The van der Waals surface area contributed by atoms with Gasteiger partial charge in [0.1, 0.15) is 40.9 Å². The van der Waals surface area contributed by atoms with E-state index in [1.54, 1.807) is 43.0 Å². The first-order chi connectivity index (χ1) is 25.3. The minimum Gasteiger partial charge on any atom is -0.378 e. The van der Waals surface area contributed by atoms with Crippen LogP contribution < -0.4 is 10.6 Å². The van der Waals surface area contributed by atoms with Crippen molar-refractivity contribution in [2.45, 2.75) is 70.6 Å². The van der Waals surface area contributed by atoms with Crippen LogP contribution in [0.2, 0.25) is 5.02 Å². The number of aliphatic hydroxyl groups is 1. The number of hydrogen-bond acceptors (Lipinski definition) is 6. The molecule has 0 spiro atoms. The number of nitrogens with one attached hydrogen (secondary N) is 2. The van der Waals surface area contributed by atoms with Crippen molar-refractivity contribution < 1.29 is 36.2 Å². The van der Waals surface area contributed by atoms with Gasteiger partial charge < -0.3 is 15.7 Å². The molecule has 5 aromatic rings. The van der Waals surface area contributed by atoms with Crippen molar-refractivity contribution in [2.24, 2.45) is 13.0 Å². The van der Waals surface area contributed by atoms with E-state index < -0.39 is 71.3 Å². The van der Waals surface area contributed by atoms with Crippen LogP contribution in [0.4, 0.5) is 32.2 Å². The smallest absolute Gasteiger partial charge is 0.292 e. The highest BCUT2D eigenvalue weighted by molar-refractivity contribution is 6.37. The van der Waals surface area contributed by atoms with Crippen LogP contribution in [0.5, 0.6) is 0 Å². The fourth-order valence-electron chi connectivity index (χ4n) is 6.93. The third kappa shape index (κ3) is 7.24. The van der Waals surface area contributed by atoms with Crippen LogP contribution in [-0.2, 0) is 30.7 Å². The van der Waals surface area contributed by atoms with Gasteiger partial charge >= 0.3 is 0 Å². The van der Waals surface area contributed by atoms with Crippen LogP contribution >= 0.6 is 11.6 Å². The minimum atomic E-state index is -3.56. The van der Waals surface area contributed by atoms with Gasteiger partial charge in [0.2, 0.25) is 5.91 Å². The number of halogens is 7. The van der Waals surface area contributed by atoms with Gasteiger partial charge in [-0.15, -0.1) is 0 Å². The lowest BCUT2D eigenvalue weighted by Gasteiger charge is -2.23. The molecule has 2 aromatic carbocycles. The number of carbonyl (C=O) groups excluding carboxylic acids is 1. The first-order valence-corrected chi connectivity index (χ1v) is 17.3. The zero-order valence-electron chi connectivity index (χ0n) is 30.0. The maximum atomic E-state index is 15.5. The van der Waals surface area contributed by atoms with Crippen LogP contribution in [-0.4, -0.2) is 48.2 Å². The monoisotopic (exact) mass is 771 g/mol. The van der Waals surface area contributed by atoms with E-state index in [1.165, 1.54) is 27.7 Å². The second kappa shape index (κ2) is 14.3. The van der Waals surface area contributed by atoms with Crippen LogP contribution in [0.1, 0.15) is 80.0 Å². The van der Waals surface area contributed by atoms with E-state index in [1.807, 2.05) is 0 Å². The quantitative estimate of drug-likeness (QED) is 0.104. The van der Waals surface area contributed by atoms with Crippen molar-refractivity contribution in [2.75, 3.05) is 12.4 Å². The average molecular weight is 772 g/mol. The molecule has 54 heavy (non-hydrogen) atoms. The molecule has 6 rings (SSSR count). The lowest BCUT2D eigenvalue weighted by atomic mass is 9.93.